The van der Waals surface area contributed by atoms with Crippen LogP contribution >= 0.6 is 11.1 Å². The highest BCUT2D eigenvalue weighted by molar-refractivity contribution is 8.21. The third kappa shape index (κ3) is 3.16. The van der Waals surface area contributed by atoms with E-state index in [1.807, 2.05) is 40.1 Å². The lowest BCUT2D eigenvalue weighted by molar-refractivity contribution is 0.399. The molecule has 0 fully saturated rings. The highest BCUT2D eigenvalue weighted by atomic mass is 32.3. The molecule has 1 aromatic heterocycles. The number of benzene rings is 2. The molecule has 1 aliphatic rings. The molecule has 0 saturated carbocycles. The number of imidazole rings is 1. The molecule has 0 bridgehead atoms. The highest BCUT2D eigenvalue weighted by Crippen LogP contribution is 2.51. The fourth-order valence-electron chi connectivity index (χ4n) is 2.70. The van der Waals surface area contributed by atoms with Gasteiger partial charge in [0.1, 0.15) is 6.33 Å². The topological polar surface area (TPSA) is 107 Å². The molecule has 0 spiro atoms. The molecule has 2 aromatic carbocycles. The maximum Gasteiger partial charge on any atom is 0.228 e. The van der Waals surface area contributed by atoms with E-state index in [0.29, 0.717) is 23.5 Å². The maximum atomic E-state index is 9.62. The Bertz CT molecular complexity index is 967. The Balaban J connectivity index is 1.65. The molecule has 2 heterocycles. The average molecular weight is 369 g/mol. The van der Waals surface area contributed by atoms with Gasteiger partial charge in [0, 0.05) is 12.4 Å². The van der Waals surface area contributed by atoms with Crippen molar-refractivity contribution in [1.82, 2.24) is 9.66 Å². The molecule has 0 atom stereocenters. The molecule has 3 aromatic rings. The Morgan fingerprint density at radius 3 is 2.73 bits per heavy atom. The van der Waals surface area contributed by atoms with Crippen molar-refractivity contribution in [2.45, 2.75) is 6.54 Å². The van der Waals surface area contributed by atoms with E-state index >= 15 is 0 Å². The number of aromatic nitrogens is 2. The van der Waals surface area contributed by atoms with Crippen molar-refractivity contribution in [2.75, 3.05) is 9.73 Å². The van der Waals surface area contributed by atoms with Crippen LogP contribution in [0.15, 0.2) is 61.2 Å². The lowest BCUT2D eigenvalue weighted by atomic mass is 10.1. The van der Waals surface area contributed by atoms with E-state index < -0.39 is 11.1 Å². The van der Waals surface area contributed by atoms with Gasteiger partial charge in [-0.05, 0) is 42.0 Å². The second-order valence-corrected chi connectivity index (χ2v) is 7.04. The first-order valence-corrected chi connectivity index (χ1v) is 9.15. The summed E-state index contributed by atoms with van der Waals surface area (Å²) in [6.07, 6.45) is 5.19. The van der Waals surface area contributed by atoms with Crippen LogP contribution in [0.2, 0.25) is 0 Å². The van der Waals surface area contributed by atoms with Crippen molar-refractivity contribution in [2.24, 2.45) is 0 Å². The number of nitrogens with zero attached hydrogens (tertiary/aromatic N) is 4. The van der Waals surface area contributed by atoms with Gasteiger partial charge in [0.15, 0.2) is 5.75 Å². The molecule has 0 aliphatic carbocycles. The van der Waals surface area contributed by atoms with Crippen LogP contribution in [0, 0.1) is 11.3 Å². The third-order valence-electron chi connectivity index (χ3n) is 3.89. The number of hydrogen-bond acceptors (Lipinski definition) is 7. The predicted molar refractivity (Wildman–Crippen MR) is 98.5 cm³/mol. The first-order valence-electron chi connectivity index (χ1n) is 7.68. The minimum atomic E-state index is -3.26. The fraction of sp³-hybridized carbons (Fsp3) is 0.0588. The molecular weight excluding hydrogens is 354 g/mol. The van der Waals surface area contributed by atoms with E-state index in [4.69, 9.17) is 9.44 Å². The molecule has 0 radical (unpaired) electrons. The van der Waals surface area contributed by atoms with Gasteiger partial charge in [-0.3, -0.25) is 18.8 Å². The standard InChI is InChI=1S/C17H15N5O3S/c18-10-13-1-4-15(5-2-13)22(21-8-7-19-12-21)11-14-3-6-17-16(9-14)20-26(23,24)25-17/h1-9,12,20,23-24H,11H2. The van der Waals surface area contributed by atoms with E-state index in [2.05, 4.69) is 15.8 Å². The van der Waals surface area contributed by atoms with Crippen LogP contribution in [0.3, 0.4) is 0 Å². The monoisotopic (exact) mass is 369 g/mol. The van der Waals surface area contributed by atoms with Crippen molar-refractivity contribution < 1.29 is 13.3 Å². The molecule has 1 aliphatic heterocycles. The Hall–Kier alpha value is -3.19. The van der Waals surface area contributed by atoms with Gasteiger partial charge in [0.2, 0.25) is 11.1 Å². The van der Waals surface area contributed by atoms with Crippen LogP contribution in [0.5, 0.6) is 5.75 Å². The minimum absolute atomic E-state index is 0.404. The van der Waals surface area contributed by atoms with Crippen molar-refractivity contribution >= 4 is 22.4 Å². The van der Waals surface area contributed by atoms with Crippen LogP contribution < -0.4 is 13.9 Å². The quantitative estimate of drug-likeness (QED) is 0.645. The largest absolute Gasteiger partial charge is 0.386 e. The summed E-state index contributed by atoms with van der Waals surface area (Å²) in [4.78, 5) is 4.09. The fourth-order valence-corrected chi connectivity index (χ4v) is 3.58. The van der Waals surface area contributed by atoms with Gasteiger partial charge in [0.25, 0.3) is 0 Å². The van der Waals surface area contributed by atoms with E-state index in [1.165, 1.54) is 0 Å². The molecular formula is C17H15N5O3S. The highest BCUT2D eigenvalue weighted by Gasteiger charge is 2.29. The lowest BCUT2D eigenvalue weighted by Gasteiger charge is -2.25. The third-order valence-corrected chi connectivity index (χ3v) is 4.79. The lowest BCUT2D eigenvalue weighted by Crippen LogP contribution is -2.27. The zero-order valence-electron chi connectivity index (χ0n) is 13.5. The van der Waals surface area contributed by atoms with Gasteiger partial charge in [-0.25, -0.2) is 9.66 Å². The van der Waals surface area contributed by atoms with Crippen molar-refractivity contribution in [3.63, 3.8) is 0 Å². The van der Waals surface area contributed by atoms with Crippen LogP contribution in [0.25, 0.3) is 0 Å². The van der Waals surface area contributed by atoms with Gasteiger partial charge < -0.3 is 4.18 Å². The van der Waals surface area contributed by atoms with E-state index in [0.717, 1.165) is 11.3 Å². The number of fused-ring (bicyclic) bond motifs is 1. The number of hydrogen-bond donors (Lipinski definition) is 3. The molecule has 0 saturated heterocycles. The SMILES string of the molecule is N#Cc1ccc(N(Cc2ccc3c(c2)NS(O)(O)O3)n2ccnc2)cc1. The Morgan fingerprint density at radius 1 is 1.23 bits per heavy atom. The molecule has 132 valence electrons. The summed E-state index contributed by atoms with van der Waals surface area (Å²) >= 11 is -3.26. The van der Waals surface area contributed by atoms with Crippen molar-refractivity contribution in [3.8, 4) is 11.8 Å². The summed E-state index contributed by atoms with van der Waals surface area (Å²) in [7, 11) is 0. The van der Waals surface area contributed by atoms with Crippen LogP contribution in [0.4, 0.5) is 11.4 Å². The Kier molecular flexibility index (Phi) is 3.93. The second kappa shape index (κ2) is 6.27. The summed E-state index contributed by atoms with van der Waals surface area (Å²) in [5.74, 6) is 0.404. The Labute approximate surface area is 151 Å². The Morgan fingerprint density at radius 2 is 2.04 bits per heavy atom. The smallest absolute Gasteiger partial charge is 0.228 e. The van der Waals surface area contributed by atoms with Gasteiger partial charge in [-0.2, -0.15) is 5.26 Å². The maximum absolute atomic E-state index is 9.62. The molecule has 26 heavy (non-hydrogen) atoms. The molecule has 9 heteroatoms. The van der Waals surface area contributed by atoms with E-state index in [-0.39, 0.29) is 0 Å². The molecule has 0 unspecified atom stereocenters. The second-order valence-electron chi connectivity index (χ2n) is 5.67. The van der Waals surface area contributed by atoms with Gasteiger partial charge in [-0.15, -0.1) is 0 Å². The van der Waals surface area contributed by atoms with Gasteiger partial charge in [-0.1, -0.05) is 6.07 Å². The molecule has 0 amide bonds. The molecule has 3 N–H and O–H groups in total. The number of rotatable bonds is 4. The number of nitrogens with one attached hydrogen (secondary N) is 1. The van der Waals surface area contributed by atoms with Gasteiger partial charge in [0.05, 0.1) is 29.6 Å². The molecule has 8 nitrogen and oxygen atoms in total. The predicted octanol–water partition coefficient (Wildman–Crippen LogP) is 3.61. The summed E-state index contributed by atoms with van der Waals surface area (Å²) in [5, 5.41) is 11.0. The van der Waals surface area contributed by atoms with Gasteiger partial charge >= 0.3 is 0 Å². The average Bonchev–Trinajstić information content (AvgIpc) is 3.25. The summed E-state index contributed by atoms with van der Waals surface area (Å²) in [6.45, 7) is 0.496. The normalized spacial score (nSPS) is 15.3. The van der Waals surface area contributed by atoms with Crippen molar-refractivity contribution in [1.29, 1.82) is 5.26 Å². The van der Waals surface area contributed by atoms with E-state index in [1.54, 1.807) is 30.7 Å². The summed E-state index contributed by atoms with van der Waals surface area (Å²) in [5.41, 5.74) is 2.93. The number of nitriles is 1. The zero-order valence-corrected chi connectivity index (χ0v) is 14.3. The number of anilines is 2. The van der Waals surface area contributed by atoms with Crippen molar-refractivity contribution in [3.05, 3.63) is 72.3 Å². The van der Waals surface area contributed by atoms with Crippen LogP contribution in [0.1, 0.15) is 11.1 Å². The zero-order chi connectivity index (χ0) is 18.1. The summed E-state index contributed by atoms with van der Waals surface area (Å²) in [6, 6.07) is 14.7. The minimum Gasteiger partial charge on any atom is -0.386 e. The molecule has 4 rings (SSSR count). The van der Waals surface area contributed by atoms with E-state index in [9.17, 15) is 9.11 Å². The van der Waals surface area contributed by atoms with Crippen LogP contribution in [-0.2, 0) is 6.54 Å². The summed E-state index contributed by atoms with van der Waals surface area (Å²) < 4.78 is 28.7. The van der Waals surface area contributed by atoms with Crippen LogP contribution in [-0.4, -0.2) is 18.8 Å². The first kappa shape index (κ1) is 16.3. The first-order chi connectivity index (χ1) is 12.5.